The quantitative estimate of drug-likeness (QED) is 0.834. The molecule has 0 aliphatic carbocycles. The summed E-state index contributed by atoms with van der Waals surface area (Å²) < 4.78 is 40.0. The molecule has 0 radical (unpaired) electrons. The molecule has 0 atom stereocenters. The van der Waals surface area contributed by atoms with Crippen LogP contribution < -0.4 is 4.90 Å². The maximum atomic E-state index is 13.1. The third-order valence-corrected chi connectivity index (χ3v) is 6.53. The van der Waals surface area contributed by atoms with Gasteiger partial charge in [0.2, 0.25) is 10.0 Å². The van der Waals surface area contributed by atoms with Crippen molar-refractivity contribution in [3.8, 4) is 0 Å². The van der Waals surface area contributed by atoms with Gasteiger partial charge in [0.05, 0.1) is 5.02 Å². The van der Waals surface area contributed by atoms with Gasteiger partial charge in [-0.2, -0.15) is 4.31 Å². The standard InChI is InChI=1S/C17H18ClFN2O2S/c1-13-2-5-15(6-3-13)20-8-10-21(11-9-20)24(22,23)17-7-4-14(19)12-16(17)18/h2-7,12H,8-11H2,1H3. The summed E-state index contributed by atoms with van der Waals surface area (Å²) in [6.45, 7) is 3.96. The van der Waals surface area contributed by atoms with Gasteiger partial charge in [0.1, 0.15) is 10.7 Å². The molecule has 24 heavy (non-hydrogen) atoms. The number of benzene rings is 2. The molecule has 0 unspecified atom stereocenters. The molecule has 0 N–H and O–H groups in total. The van der Waals surface area contributed by atoms with Crippen LogP contribution in [-0.2, 0) is 10.0 Å². The molecule has 1 aliphatic heterocycles. The number of sulfonamides is 1. The first kappa shape index (κ1) is 17.2. The molecule has 0 amide bonds. The maximum Gasteiger partial charge on any atom is 0.244 e. The second-order valence-electron chi connectivity index (χ2n) is 5.80. The molecule has 4 nitrogen and oxygen atoms in total. The van der Waals surface area contributed by atoms with E-state index < -0.39 is 15.8 Å². The average Bonchev–Trinajstić information content (AvgIpc) is 2.55. The summed E-state index contributed by atoms with van der Waals surface area (Å²) in [5.74, 6) is -0.553. The van der Waals surface area contributed by atoms with Crippen LogP contribution in [0.2, 0.25) is 5.02 Å². The predicted molar refractivity (Wildman–Crippen MR) is 93.6 cm³/mol. The number of halogens is 2. The second-order valence-corrected chi connectivity index (χ2v) is 8.11. The molecule has 2 aromatic rings. The molecule has 1 saturated heterocycles. The summed E-state index contributed by atoms with van der Waals surface area (Å²) in [5.41, 5.74) is 2.27. The highest BCUT2D eigenvalue weighted by molar-refractivity contribution is 7.89. The number of rotatable bonds is 3. The van der Waals surface area contributed by atoms with E-state index in [0.29, 0.717) is 26.2 Å². The Balaban J connectivity index is 1.75. The summed E-state index contributed by atoms with van der Waals surface area (Å²) in [4.78, 5) is 2.10. The van der Waals surface area contributed by atoms with Crippen LogP contribution in [0.15, 0.2) is 47.4 Å². The highest BCUT2D eigenvalue weighted by Crippen LogP contribution is 2.27. The highest BCUT2D eigenvalue weighted by atomic mass is 35.5. The van der Waals surface area contributed by atoms with Crippen molar-refractivity contribution in [2.75, 3.05) is 31.1 Å². The minimum atomic E-state index is -3.71. The zero-order valence-electron chi connectivity index (χ0n) is 13.2. The number of aryl methyl sites for hydroxylation is 1. The number of piperazine rings is 1. The van der Waals surface area contributed by atoms with Gasteiger partial charge in [0.15, 0.2) is 0 Å². The van der Waals surface area contributed by atoms with E-state index in [2.05, 4.69) is 4.90 Å². The van der Waals surface area contributed by atoms with Crippen LogP contribution in [0, 0.1) is 12.7 Å². The van der Waals surface area contributed by atoms with Crippen LogP contribution >= 0.6 is 11.6 Å². The first-order chi connectivity index (χ1) is 11.4. The normalized spacial score (nSPS) is 16.4. The smallest absolute Gasteiger partial charge is 0.244 e. The first-order valence-corrected chi connectivity index (χ1v) is 9.46. The van der Waals surface area contributed by atoms with Crippen molar-refractivity contribution >= 4 is 27.3 Å². The summed E-state index contributed by atoms with van der Waals surface area (Å²) in [6, 6.07) is 11.5. The van der Waals surface area contributed by atoms with Gasteiger partial charge in [-0.05, 0) is 37.3 Å². The van der Waals surface area contributed by atoms with E-state index in [1.165, 1.54) is 15.9 Å². The van der Waals surface area contributed by atoms with Crippen molar-refractivity contribution < 1.29 is 12.8 Å². The van der Waals surface area contributed by atoms with Crippen LogP contribution in [0.1, 0.15) is 5.56 Å². The fraction of sp³-hybridized carbons (Fsp3) is 0.294. The Morgan fingerprint density at radius 3 is 2.21 bits per heavy atom. The van der Waals surface area contributed by atoms with E-state index in [-0.39, 0.29) is 9.92 Å². The van der Waals surface area contributed by atoms with Crippen molar-refractivity contribution in [2.45, 2.75) is 11.8 Å². The Kier molecular flexibility index (Phi) is 4.80. The minimum Gasteiger partial charge on any atom is -0.369 e. The SMILES string of the molecule is Cc1ccc(N2CCN(S(=O)(=O)c3ccc(F)cc3Cl)CC2)cc1. The van der Waals surface area contributed by atoms with Crippen molar-refractivity contribution in [2.24, 2.45) is 0 Å². The molecule has 1 aliphatic rings. The lowest BCUT2D eigenvalue weighted by Crippen LogP contribution is -2.48. The number of nitrogens with zero attached hydrogens (tertiary/aromatic N) is 2. The van der Waals surface area contributed by atoms with Crippen LogP contribution in [0.5, 0.6) is 0 Å². The lowest BCUT2D eigenvalue weighted by Gasteiger charge is -2.35. The van der Waals surface area contributed by atoms with Gasteiger partial charge in [-0.15, -0.1) is 0 Å². The zero-order chi connectivity index (χ0) is 17.3. The van der Waals surface area contributed by atoms with Crippen molar-refractivity contribution in [3.05, 3.63) is 58.9 Å². The molecule has 7 heteroatoms. The fourth-order valence-corrected chi connectivity index (χ4v) is 4.69. The van der Waals surface area contributed by atoms with Crippen LogP contribution in [0.4, 0.5) is 10.1 Å². The Morgan fingerprint density at radius 2 is 1.62 bits per heavy atom. The molecule has 2 aromatic carbocycles. The van der Waals surface area contributed by atoms with Gasteiger partial charge < -0.3 is 4.90 Å². The van der Waals surface area contributed by atoms with Gasteiger partial charge >= 0.3 is 0 Å². The molecule has 128 valence electrons. The van der Waals surface area contributed by atoms with E-state index in [9.17, 15) is 12.8 Å². The van der Waals surface area contributed by atoms with E-state index >= 15 is 0 Å². The minimum absolute atomic E-state index is 0.0469. The monoisotopic (exact) mass is 368 g/mol. The summed E-state index contributed by atoms with van der Waals surface area (Å²) >= 11 is 5.92. The summed E-state index contributed by atoms with van der Waals surface area (Å²) in [5, 5.41) is -0.0871. The summed E-state index contributed by atoms with van der Waals surface area (Å²) in [7, 11) is -3.71. The van der Waals surface area contributed by atoms with Crippen LogP contribution in [0.25, 0.3) is 0 Å². The molecule has 0 bridgehead atoms. The second kappa shape index (κ2) is 6.70. The van der Waals surface area contributed by atoms with Gasteiger partial charge in [-0.25, -0.2) is 12.8 Å². The van der Waals surface area contributed by atoms with Gasteiger partial charge in [-0.3, -0.25) is 0 Å². The van der Waals surface area contributed by atoms with E-state index in [1.807, 2.05) is 31.2 Å². The lowest BCUT2D eigenvalue weighted by atomic mass is 10.2. The van der Waals surface area contributed by atoms with Gasteiger partial charge in [0, 0.05) is 31.9 Å². The molecule has 3 rings (SSSR count). The number of anilines is 1. The Labute approximate surface area is 146 Å². The number of hydrogen-bond donors (Lipinski definition) is 0. The topological polar surface area (TPSA) is 40.6 Å². The van der Waals surface area contributed by atoms with Gasteiger partial charge in [-0.1, -0.05) is 29.3 Å². The average molecular weight is 369 g/mol. The van der Waals surface area contributed by atoms with E-state index in [4.69, 9.17) is 11.6 Å². The highest BCUT2D eigenvalue weighted by Gasteiger charge is 2.30. The first-order valence-electron chi connectivity index (χ1n) is 7.65. The molecule has 1 fully saturated rings. The van der Waals surface area contributed by atoms with Crippen LogP contribution in [0.3, 0.4) is 0 Å². The third-order valence-electron chi connectivity index (χ3n) is 4.15. The van der Waals surface area contributed by atoms with E-state index in [0.717, 1.165) is 17.8 Å². The molecular weight excluding hydrogens is 351 g/mol. The summed E-state index contributed by atoms with van der Waals surface area (Å²) in [6.07, 6.45) is 0. The van der Waals surface area contributed by atoms with E-state index in [1.54, 1.807) is 0 Å². The molecule has 0 spiro atoms. The molecule has 0 saturated carbocycles. The number of hydrogen-bond acceptors (Lipinski definition) is 3. The van der Waals surface area contributed by atoms with Crippen molar-refractivity contribution in [3.63, 3.8) is 0 Å². The Hall–Kier alpha value is -1.63. The fourth-order valence-electron chi connectivity index (χ4n) is 2.77. The Morgan fingerprint density at radius 1 is 1.00 bits per heavy atom. The van der Waals surface area contributed by atoms with Crippen molar-refractivity contribution in [1.29, 1.82) is 0 Å². The van der Waals surface area contributed by atoms with Crippen molar-refractivity contribution in [1.82, 2.24) is 4.31 Å². The Bertz CT molecular complexity index is 832. The molecular formula is C17H18ClFN2O2S. The van der Waals surface area contributed by atoms with Gasteiger partial charge in [0.25, 0.3) is 0 Å². The predicted octanol–water partition coefficient (Wildman–Crippen LogP) is 3.30. The largest absolute Gasteiger partial charge is 0.369 e. The third kappa shape index (κ3) is 3.41. The lowest BCUT2D eigenvalue weighted by molar-refractivity contribution is 0.385. The zero-order valence-corrected chi connectivity index (χ0v) is 14.8. The molecule has 1 heterocycles. The van der Waals surface area contributed by atoms with Crippen LogP contribution in [-0.4, -0.2) is 38.9 Å². The maximum absolute atomic E-state index is 13.1. The molecule has 0 aromatic heterocycles.